The highest BCUT2D eigenvalue weighted by Gasteiger charge is 2.18. The number of aliphatic hydroxyl groups excluding tert-OH is 1. The zero-order valence-corrected chi connectivity index (χ0v) is 14.4. The quantitative estimate of drug-likeness (QED) is 0.690. The molecule has 4 heteroatoms. The van der Waals surface area contributed by atoms with Crippen LogP contribution in [0, 0.1) is 0 Å². The highest BCUT2D eigenvalue weighted by atomic mass is 16.5. The lowest BCUT2D eigenvalue weighted by atomic mass is 9.99. The molecule has 0 saturated heterocycles. The number of fused-ring (bicyclic) bond motifs is 1. The van der Waals surface area contributed by atoms with E-state index in [4.69, 9.17) is 9.47 Å². The van der Waals surface area contributed by atoms with Gasteiger partial charge in [-0.25, -0.2) is 0 Å². The maximum absolute atomic E-state index is 10.9. The minimum Gasteiger partial charge on any atom is -0.493 e. The van der Waals surface area contributed by atoms with Crippen molar-refractivity contribution in [1.29, 1.82) is 0 Å². The fraction of sp³-hybridized carbons (Fsp3) is 0.190. The summed E-state index contributed by atoms with van der Waals surface area (Å²) in [6.45, 7) is 3.78. The van der Waals surface area contributed by atoms with Crippen LogP contribution in [-0.4, -0.2) is 24.3 Å². The van der Waals surface area contributed by atoms with Gasteiger partial charge in [0.25, 0.3) is 0 Å². The molecule has 0 aliphatic rings. The second-order valence-corrected chi connectivity index (χ2v) is 5.73. The molecule has 0 amide bonds. The number of rotatable bonds is 6. The number of hydrogen-bond donors (Lipinski definition) is 1. The average molecular weight is 335 g/mol. The minimum atomic E-state index is -0.827. The van der Waals surface area contributed by atoms with E-state index in [-0.39, 0.29) is 0 Å². The van der Waals surface area contributed by atoms with Crippen LogP contribution in [0.5, 0.6) is 11.5 Å². The Morgan fingerprint density at radius 2 is 1.76 bits per heavy atom. The molecular weight excluding hydrogens is 314 g/mol. The van der Waals surface area contributed by atoms with Crippen LogP contribution >= 0.6 is 0 Å². The molecule has 0 aliphatic carbocycles. The number of allylic oxidation sites excluding steroid dienone is 1. The smallest absolute Gasteiger partial charge is 0.161 e. The van der Waals surface area contributed by atoms with Crippen molar-refractivity contribution in [1.82, 2.24) is 4.98 Å². The van der Waals surface area contributed by atoms with Crippen LogP contribution < -0.4 is 9.47 Å². The number of nitrogens with zero attached hydrogens (tertiary/aromatic N) is 1. The Morgan fingerprint density at radius 3 is 2.40 bits per heavy atom. The number of pyridine rings is 1. The maximum atomic E-state index is 10.9. The van der Waals surface area contributed by atoms with E-state index in [2.05, 4.69) is 11.6 Å². The Bertz CT molecular complexity index is 891. The summed E-state index contributed by atoms with van der Waals surface area (Å²) < 4.78 is 10.8. The van der Waals surface area contributed by atoms with E-state index >= 15 is 0 Å². The third kappa shape index (κ3) is 3.35. The molecule has 0 radical (unpaired) electrons. The first-order chi connectivity index (χ1) is 12.2. The summed E-state index contributed by atoms with van der Waals surface area (Å²) in [4.78, 5) is 4.68. The van der Waals surface area contributed by atoms with Crippen molar-refractivity contribution in [2.45, 2.75) is 12.5 Å². The van der Waals surface area contributed by atoms with Gasteiger partial charge in [0.2, 0.25) is 0 Å². The summed E-state index contributed by atoms with van der Waals surface area (Å²) in [5, 5.41) is 12.7. The number of methoxy groups -OCH3 is 2. The van der Waals surface area contributed by atoms with E-state index in [1.807, 2.05) is 48.5 Å². The van der Waals surface area contributed by atoms with Crippen molar-refractivity contribution in [3.05, 3.63) is 78.1 Å². The third-order valence-corrected chi connectivity index (χ3v) is 4.15. The Kier molecular flexibility index (Phi) is 5.00. The van der Waals surface area contributed by atoms with Gasteiger partial charge in [-0.2, -0.15) is 0 Å². The van der Waals surface area contributed by atoms with Gasteiger partial charge in [0.05, 0.1) is 19.9 Å². The monoisotopic (exact) mass is 335 g/mol. The van der Waals surface area contributed by atoms with Gasteiger partial charge < -0.3 is 14.6 Å². The Morgan fingerprint density at radius 1 is 1.08 bits per heavy atom. The lowest BCUT2D eigenvalue weighted by molar-refractivity contribution is 0.217. The summed E-state index contributed by atoms with van der Waals surface area (Å²) in [6.07, 6.45) is 1.60. The van der Waals surface area contributed by atoms with Crippen molar-refractivity contribution >= 4 is 10.8 Å². The average Bonchev–Trinajstić information content (AvgIpc) is 2.66. The molecule has 0 aliphatic heterocycles. The molecule has 3 rings (SSSR count). The van der Waals surface area contributed by atoms with Gasteiger partial charge in [-0.15, -0.1) is 6.58 Å². The second kappa shape index (κ2) is 7.36. The Hall–Kier alpha value is -2.85. The zero-order valence-electron chi connectivity index (χ0n) is 14.4. The van der Waals surface area contributed by atoms with Gasteiger partial charge in [-0.1, -0.05) is 36.4 Å². The van der Waals surface area contributed by atoms with Crippen molar-refractivity contribution < 1.29 is 14.6 Å². The first-order valence-corrected chi connectivity index (χ1v) is 8.07. The topological polar surface area (TPSA) is 51.6 Å². The van der Waals surface area contributed by atoms with E-state index in [1.54, 1.807) is 20.3 Å². The van der Waals surface area contributed by atoms with Gasteiger partial charge in [-0.3, -0.25) is 4.98 Å². The van der Waals surface area contributed by atoms with Crippen LogP contribution in [0.3, 0.4) is 0 Å². The predicted octanol–water partition coefficient (Wildman–Crippen LogP) is 4.06. The molecule has 1 N–H and O–H groups in total. The SMILES string of the molecule is C=CCc1cc2cc(OC)c(OC)cc2c(C(O)c2ccccc2)n1. The fourth-order valence-electron chi connectivity index (χ4n) is 2.92. The Balaban J connectivity index is 2.25. The number of benzene rings is 2. The highest BCUT2D eigenvalue weighted by molar-refractivity contribution is 5.89. The van der Waals surface area contributed by atoms with Crippen LogP contribution in [0.2, 0.25) is 0 Å². The molecule has 0 saturated carbocycles. The standard InChI is InChI=1S/C21H21NO3/c1-4-8-16-11-15-12-18(24-2)19(25-3)13-17(15)20(22-16)21(23)14-9-6-5-7-10-14/h4-7,9-13,21,23H,1,8H2,2-3H3. The van der Waals surface area contributed by atoms with Crippen LogP contribution in [0.15, 0.2) is 61.2 Å². The third-order valence-electron chi connectivity index (χ3n) is 4.15. The van der Waals surface area contributed by atoms with E-state index in [0.717, 1.165) is 22.0 Å². The molecule has 0 bridgehead atoms. The summed E-state index contributed by atoms with van der Waals surface area (Å²) in [5.41, 5.74) is 2.24. The zero-order chi connectivity index (χ0) is 17.8. The van der Waals surface area contributed by atoms with Gasteiger partial charge in [-0.05, 0) is 29.1 Å². The normalized spacial score (nSPS) is 12.0. The van der Waals surface area contributed by atoms with E-state index in [9.17, 15) is 5.11 Å². The summed E-state index contributed by atoms with van der Waals surface area (Å²) in [6, 6.07) is 15.3. The first-order valence-electron chi connectivity index (χ1n) is 8.07. The summed E-state index contributed by atoms with van der Waals surface area (Å²) in [7, 11) is 3.20. The molecule has 0 spiro atoms. The van der Waals surface area contributed by atoms with Crippen molar-refractivity contribution in [2.24, 2.45) is 0 Å². The van der Waals surface area contributed by atoms with Gasteiger partial charge in [0.1, 0.15) is 6.10 Å². The largest absolute Gasteiger partial charge is 0.493 e. The van der Waals surface area contributed by atoms with Crippen LogP contribution in [0.1, 0.15) is 23.1 Å². The van der Waals surface area contributed by atoms with E-state index in [0.29, 0.717) is 23.6 Å². The Labute approximate surface area is 147 Å². The van der Waals surface area contributed by atoms with Crippen LogP contribution in [0.4, 0.5) is 0 Å². The number of aromatic nitrogens is 1. The van der Waals surface area contributed by atoms with Gasteiger partial charge >= 0.3 is 0 Å². The molecule has 0 fully saturated rings. The van der Waals surface area contributed by atoms with Crippen LogP contribution in [-0.2, 0) is 6.42 Å². The van der Waals surface area contributed by atoms with Crippen molar-refractivity contribution in [3.63, 3.8) is 0 Å². The summed E-state index contributed by atoms with van der Waals surface area (Å²) in [5.74, 6) is 1.25. The first kappa shape index (κ1) is 17.0. The fourth-order valence-corrected chi connectivity index (χ4v) is 2.92. The lowest BCUT2D eigenvalue weighted by Gasteiger charge is -2.17. The minimum absolute atomic E-state index is 0.599. The summed E-state index contributed by atoms with van der Waals surface area (Å²) >= 11 is 0. The highest BCUT2D eigenvalue weighted by Crippen LogP contribution is 2.36. The number of hydrogen-bond acceptors (Lipinski definition) is 4. The van der Waals surface area contributed by atoms with Gasteiger partial charge in [0.15, 0.2) is 11.5 Å². The van der Waals surface area contributed by atoms with E-state index < -0.39 is 6.10 Å². The maximum Gasteiger partial charge on any atom is 0.161 e. The lowest BCUT2D eigenvalue weighted by Crippen LogP contribution is -2.06. The van der Waals surface area contributed by atoms with Gasteiger partial charge in [0, 0.05) is 17.5 Å². The molecule has 3 aromatic rings. The number of aliphatic hydroxyl groups is 1. The molecule has 1 heterocycles. The molecule has 1 unspecified atom stereocenters. The molecular formula is C21H21NO3. The van der Waals surface area contributed by atoms with Crippen molar-refractivity contribution in [2.75, 3.05) is 14.2 Å². The molecule has 1 aromatic heterocycles. The second-order valence-electron chi connectivity index (χ2n) is 5.73. The molecule has 128 valence electrons. The number of ether oxygens (including phenoxy) is 2. The van der Waals surface area contributed by atoms with Crippen molar-refractivity contribution in [3.8, 4) is 11.5 Å². The predicted molar refractivity (Wildman–Crippen MR) is 99.3 cm³/mol. The molecule has 1 atom stereocenters. The van der Waals surface area contributed by atoms with E-state index in [1.165, 1.54) is 0 Å². The van der Waals surface area contributed by atoms with Crippen LogP contribution in [0.25, 0.3) is 10.8 Å². The molecule has 4 nitrogen and oxygen atoms in total. The molecule has 2 aromatic carbocycles. The molecule has 25 heavy (non-hydrogen) atoms.